The number of benzene rings is 1. The monoisotopic (exact) mass is 540 g/mol. The molecule has 0 aliphatic carbocycles. The summed E-state index contributed by atoms with van der Waals surface area (Å²) >= 11 is 3.97. The number of amides is 4. The number of phenols is 1. The second-order valence-electron chi connectivity index (χ2n) is 8.47. The van der Waals surface area contributed by atoms with Gasteiger partial charge < -0.3 is 43.4 Å². The quantitative estimate of drug-likeness (QED) is 0.0792. The third kappa shape index (κ3) is 11.9. The van der Waals surface area contributed by atoms with E-state index in [-0.39, 0.29) is 37.2 Å². The van der Waals surface area contributed by atoms with E-state index in [0.717, 1.165) is 0 Å². The largest absolute Gasteiger partial charge is 0.508 e. The molecule has 1 aromatic carbocycles. The van der Waals surface area contributed by atoms with Crippen LogP contribution in [0.15, 0.2) is 24.3 Å². The number of hydrogen-bond acceptors (Lipinski definition) is 9. The first kappa shape index (κ1) is 31.7. The molecule has 0 radical (unpaired) electrons. The van der Waals surface area contributed by atoms with Crippen LogP contribution in [0.4, 0.5) is 0 Å². The van der Waals surface area contributed by atoms with Crippen LogP contribution in [0.5, 0.6) is 5.75 Å². The summed E-state index contributed by atoms with van der Waals surface area (Å²) in [6.07, 6.45) is 0.729. The van der Waals surface area contributed by atoms with Gasteiger partial charge in [0.2, 0.25) is 23.6 Å². The Bertz CT molecular complexity index is 931. The fourth-order valence-corrected chi connectivity index (χ4v) is 3.46. The van der Waals surface area contributed by atoms with Gasteiger partial charge in [0.25, 0.3) is 0 Å². The summed E-state index contributed by atoms with van der Waals surface area (Å²) in [5.74, 6) is -4.18. The maximum Gasteiger partial charge on any atom is 0.326 e. The van der Waals surface area contributed by atoms with Gasteiger partial charge in [0, 0.05) is 18.6 Å². The lowest BCUT2D eigenvalue weighted by molar-refractivity contribution is -0.142. The van der Waals surface area contributed by atoms with Crippen LogP contribution in [0, 0.1) is 0 Å². The molecule has 0 fully saturated rings. The fourth-order valence-electron chi connectivity index (χ4n) is 3.29. The van der Waals surface area contributed by atoms with Crippen LogP contribution < -0.4 is 33.2 Å². The van der Waals surface area contributed by atoms with E-state index in [1.54, 1.807) is 0 Å². The zero-order valence-electron chi connectivity index (χ0n) is 20.4. The Balaban J connectivity index is 3.03. The fraction of sp³-hybridized carbons (Fsp3) is 0.522. The van der Waals surface area contributed by atoms with E-state index in [2.05, 4.69) is 28.6 Å². The van der Waals surface area contributed by atoms with Crippen LogP contribution in [0.1, 0.15) is 37.7 Å². The van der Waals surface area contributed by atoms with E-state index >= 15 is 0 Å². The SMILES string of the molecule is NCCCCC(NC(=O)C(N)CS)C(=O)NC(CCC(N)=O)C(=O)NC(Cc1ccc(O)cc1)C(=O)O. The van der Waals surface area contributed by atoms with Gasteiger partial charge in [-0.05, 0) is 49.9 Å². The summed E-state index contributed by atoms with van der Waals surface area (Å²) in [4.78, 5) is 61.4. The molecule has 14 heteroatoms. The van der Waals surface area contributed by atoms with Crippen molar-refractivity contribution in [3.05, 3.63) is 29.8 Å². The van der Waals surface area contributed by atoms with Crippen LogP contribution in [-0.4, -0.2) is 76.3 Å². The molecule has 1 aromatic rings. The Morgan fingerprint density at radius 2 is 1.41 bits per heavy atom. The molecule has 4 unspecified atom stereocenters. The number of hydrogen-bond donors (Lipinski definition) is 9. The summed E-state index contributed by atoms with van der Waals surface area (Å²) in [7, 11) is 0. The van der Waals surface area contributed by atoms with Crippen molar-refractivity contribution < 1.29 is 34.2 Å². The number of carbonyl (C=O) groups excluding carboxylic acids is 4. The number of rotatable bonds is 17. The van der Waals surface area contributed by atoms with Gasteiger partial charge in [-0.1, -0.05) is 12.1 Å². The minimum absolute atomic E-state index is 0.00248. The van der Waals surface area contributed by atoms with Crippen molar-refractivity contribution in [3.63, 3.8) is 0 Å². The number of carboxylic acid groups (broad SMARTS) is 1. The minimum Gasteiger partial charge on any atom is -0.508 e. The number of phenolic OH excluding ortho intramolecular Hbond substituents is 1. The second-order valence-corrected chi connectivity index (χ2v) is 8.84. The summed E-state index contributed by atoms with van der Waals surface area (Å²) in [5, 5.41) is 26.4. The van der Waals surface area contributed by atoms with Crippen molar-refractivity contribution in [1.29, 1.82) is 0 Å². The molecule has 37 heavy (non-hydrogen) atoms. The lowest BCUT2D eigenvalue weighted by atomic mass is 10.0. The molecule has 11 N–H and O–H groups in total. The lowest BCUT2D eigenvalue weighted by Crippen LogP contribution is -2.57. The Morgan fingerprint density at radius 1 is 0.865 bits per heavy atom. The highest BCUT2D eigenvalue weighted by Crippen LogP contribution is 2.12. The third-order valence-electron chi connectivity index (χ3n) is 5.42. The summed E-state index contributed by atoms with van der Waals surface area (Å²) in [6.45, 7) is 0.375. The Hall–Kier alpha value is -3.36. The first-order chi connectivity index (χ1) is 17.5. The third-order valence-corrected chi connectivity index (χ3v) is 5.81. The van der Waals surface area contributed by atoms with Gasteiger partial charge in [-0.15, -0.1) is 0 Å². The maximum atomic E-state index is 13.0. The molecule has 13 nitrogen and oxygen atoms in total. The number of primary amides is 1. The zero-order valence-corrected chi connectivity index (χ0v) is 21.3. The normalized spacial score (nSPS) is 14.0. The highest BCUT2D eigenvalue weighted by Gasteiger charge is 2.30. The number of unbranched alkanes of at least 4 members (excludes halogenated alkanes) is 1. The molecule has 206 valence electrons. The molecule has 0 aliphatic heterocycles. The van der Waals surface area contributed by atoms with Gasteiger partial charge in [0.15, 0.2) is 0 Å². The standard InChI is InChI=1S/C23H36N6O7S/c24-10-2-1-3-16(27-20(32)15(25)12-37)21(33)28-17(8-9-19(26)31)22(34)29-18(23(35)36)11-13-4-6-14(30)7-5-13/h4-7,15-18,30,37H,1-3,8-12,24-25H2,(H2,26,31)(H,27,32)(H,28,33)(H,29,34)(H,35,36). The molecule has 4 amide bonds. The van der Waals surface area contributed by atoms with Gasteiger partial charge in [-0.3, -0.25) is 19.2 Å². The van der Waals surface area contributed by atoms with Gasteiger partial charge in [0.1, 0.15) is 23.9 Å². The lowest BCUT2D eigenvalue weighted by Gasteiger charge is -2.25. The molecule has 0 spiro atoms. The number of carboxylic acids is 1. The molecule has 0 heterocycles. The smallest absolute Gasteiger partial charge is 0.326 e. The molecule has 4 atom stereocenters. The van der Waals surface area contributed by atoms with E-state index in [1.807, 2.05) is 0 Å². The molecule has 0 saturated heterocycles. The van der Waals surface area contributed by atoms with Crippen molar-refractivity contribution in [2.75, 3.05) is 12.3 Å². The Labute approximate surface area is 220 Å². The van der Waals surface area contributed by atoms with Crippen LogP contribution in [0.3, 0.4) is 0 Å². The van der Waals surface area contributed by atoms with E-state index < -0.39 is 53.8 Å². The highest BCUT2D eigenvalue weighted by atomic mass is 32.1. The topological polar surface area (TPSA) is 240 Å². The molecule has 0 aromatic heterocycles. The molecule has 0 saturated carbocycles. The van der Waals surface area contributed by atoms with E-state index in [0.29, 0.717) is 24.9 Å². The van der Waals surface area contributed by atoms with Crippen LogP contribution in [0.25, 0.3) is 0 Å². The summed E-state index contributed by atoms with van der Waals surface area (Å²) in [6, 6.07) is 1.09. The minimum atomic E-state index is -1.36. The van der Waals surface area contributed by atoms with Crippen molar-refractivity contribution in [1.82, 2.24) is 16.0 Å². The van der Waals surface area contributed by atoms with Gasteiger partial charge in [0.05, 0.1) is 6.04 Å². The molecule has 0 aliphatic rings. The average molecular weight is 541 g/mol. The maximum absolute atomic E-state index is 13.0. The number of aromatic hydroxyl groups is 1. The van der Waals surface area contributed by atoms with Crippen LogP contribution in [0.2, 0.25) is 0 Å². The van der Waals surface area contributed by atoms with Crippen LogP contribution >= 0.6 is 12.6 Å². The van der Waals surface area contributed by atoms with Crippen LogP contribution in [-0.2, 0) is 30.4 Å². The van der Waals surface area contributed by atoms with Crippen molar-refractivity contribution in [2.24, 2.45) is 17.2 Å². The molecular formula is C23H36N6O7S. The molecule has 0 bridgehead atoms. The zero-order chi connectivity index (χ0) is 28.0. The number of nitrogens with one attached hydrogen (secondary N) is 3. The Morgan fingerprint density at radius 3 is 1.92 bits per heavy atom. The predicted molar refractivity (Wildman–Crippen MR) is 138 cm³/mol. The van der Waals surface area contributed by atoms with E-state index in [4.69, 9.17) is 17.2 Å². The number of nitrogens with two attached hydrogens (primary N) is 3. The van der Waals surface area contributed by atoms with Gasteiger partial charge in [-0.2, -0.15) is 12.6 Å². The average Bonchev–Trinajstić information content (AvgIpc) is 2.85. The van der Waals surface area contributed by atoms with Crippen molar-refractivity contribution >= 4 is 42.2 Å². The highest BCUT2D eigenvalue weighted by molar-refractivity contribution is 7.80. The number of thiol groups is 1. The first-order valence-corrected chi connectivity index (χ1v) is 12.4. The van der Waals surface area contributed by atoms with E-state index in [9.17, 15) is 34.2 Å². The van der Waals surface area contributed by atoms with Crippen molar-refractivity contribution in [2.45, 2.75) is 62.7 Å². The Kier molecular flexibility index (Phi) is 14.0. The number of aliphatic carboxylic acids is 1. The molecule has 1 rings (SSSR count). The van der Waals surface area contributed by atoms with Crippen molar-refractivity contribution in [3.8, 4) is 5.75 Å². The summed E-state index contributed by atoms with van der Waals surface area (Å²) < 4.78 is 0. The predicted octanol–water partition coefficient (Wildman–Crippen LogP) is -1.87. The van der Waals surface area contributed by atoms with Gasteiger partial charge in [-0.25, -0.2) is 4.79 Å². The number of carbonyl (C=O) groups is 5. The van der Waals surface area contributed by atoms with Gasteiger partial charge >= 0.3 is 5.97 Å². The summed E-state index contributed by atoms with van der Waals surface area (Å²) in [5.41, 5.74) is 16.9. The molecular weight excluding hydrogens is 504 g/mol. The first-order valence-electron chi connectivity index (χ1n) is 11.7. The van der Waals surface area contributed by atoms with E-state index in [1.165, 1.54) is 24.3 Å². The second kappa shape index (κ2) is 16.4.